The number of nitrogens with one attached hydrogen (secondary N) is 3. The predicted octanol–water partition coefficient (Wildman–Crippen LogP) is 0.964. The molecule has 0 aromatic heterocycles. The number of carbonyl (C=O) groups excluding carboxylic acids is 1. The minimum Gasteiger partial charge on any atom is -0.355 e. The molecule has 1 heterocycles. The van der Waals surface area contributed by atoms with Gasteiger partial charge in [0.2, 0.25) is 5.91 Å². The molecule has 23 heavy (non-hydrogen) atoms. The van der Waals surface area contributed by atoms with E-state index in [1.54, 1.807) is 7.05 Å². The Hall–Kier alpha value is -1.56. The zero-order valence-electron chi connectivity index (χ0n) is 15.1. The van der Waals surface area contributed by atoms with E-state index in [1.165, 1.54) is 5.57 Å². The van der Waals surface area contributed by atoms with Crippen LogP contribution in [0.4, 0.5) is 0 Å². The average molecular weight is 323 g/mol. The lowest BCUT2D eigenvalue weighted by molar-refractivity contribution is -0.123. The van der Waals surface area contributed by atoms with Crippen LogP contribution in [0.2, 0.25) is 0 Å². The molecule has 1 aliphatic heterocycles. The van der Waals surface area contributed by atoms with Crippen molar-refractivity contribution in [3.8, 4) is 0 Å². The van der Waals surface area contributed by atoms with Crippen molar-refractivity contribution >= 4 is 11.9 Å². The van der Waals surface area contributed by atoms with Crippen LogP contribution in [0.15, 0.2) is 17.1 Å². The number of rotatable bonds is 7. The quantitative estimate of drug-likeness (QED) is 0.283. The largest absolute Gasteiger partial charge is 0.355 e. The monoisotopic (exact) mass is 323 g/mol. The van der Waals surface area contributed by atoms with Gasteiger partial charge in [-0.3, -0.25) is 14.7 Å². The highest BCUT2D eigenvalue weighted by Gasteiger charge is 2.19. The molecule has 0 atom stereocenters. The highest BCUT2D eigenvalue weighted by atomic mass is 16.1. The van der Waals surface area contributed by atoms with Crippen molar-refractivity contribution in [2.75, 3.05) is 39.8 Å². The fraction of sp³-hybridized carbons (Fsp3) is 0.765. The summed E-state index contributed by atoms with van der Waals surface area (Å²) in [6.07, 6.45) is 2.22. The van der Waals surface area contributed by atoms with Crippen molar-refractivity contribution in [2.24, 2.45) is 10.9 Å². The number of piperidine rings is 1. The van der Waals surface area contributed by atoms with E-state index in [0.717, 1.165) is 38.4 Å². The number of nitrogens with zero attached hydrogens (tertiary/aromatic N) is 2. The van der Waals surface area contributed by atoms with Gasteiger partial charge in [0.15, 0.2) is 5.96 Å². The van der Waals surface area contributed by atoms with E-state index in [9.17, 15) is 4.79 Å². The predicted molar refractivity (Wildman–Crippen MR) is 96.6 cm³/mol. The van der Waals surface area contributed by atoms with Crippen LogP contribution in [0.25, 0.3) is 0 Å². The van der Waals surface area contributed by atoms with Crippen LogP contribution in [0.3, 0.4) is 0 Å². The van der Waals surface area contributed by atoms with Crippen LogP contribution >= 0.6 is 0 Å². The zero-order valence-corrected chi connectivity index (χ0v) is 15.1. The molecule has 0 spiro atoms. The molecule has 1 aliphatic rings. The molecular weight excluding hydrogens is 290 g/mol. The number of hydrogen-bond donors (Lipinski definition) is 3. The van der Waals surface area contributed by atoms with Crippen LogP contribution in [0, 0.1) is 5.92 Å². The molecule has 0 aromatic rings. The van der Waals surface area contributed by atoms with Gasteiger partial charge in [0, 0.05) is 51.7 Å². The summed E-state index contributed by atoms with van der Waals surface area (Å²) in [4.78, 5) is 18.2. The molecule has 0 aliphatic carbocycles. The van der Waals surface area contributed by atoms with Crippen molar-refractivity contribution in [3.05, 3.63) is 12.2 Å². The molecule has 3 N–H and O–H groups in total. The van der Waals surface area contributed by atoms with Gasteiger partial charge in [0.25, 0.3) is 0 Å². The lowest BCUT2D eigenvalue weighted by Gasteiger charge is -2.33. The summed E-state index contributed by atoms with van der Waals surface area (Å²) in [6.45, 7) is 14.3. The van der Waals surface area contributed by atoms with Crippen molar-refractivity contribution in [1.29, 1.82) is 0 Å². The lowest BCUT2D eigenvalue weighted by atomic mass is 10.0. The first-order valence-corrected chi connectivity index (χ1v) is 8.54. The second-order valence-electron chi connectivity index (χ2n) is 6.60. The fourth-order valence-corrected chi connectivity index (χ4v) is 2.58. The molecule has 6 heteroatoms. The number of aliphatic imine (C=N–C) groups is 1. The highest BCUT2D eigenvalue weighted by molar-refractivity contribution is 5.80. The van der Waals surface area contributed by atoms with Gasteiger partial charge in [0.05, 0.1) is 0 Å². The second-order valence-corrected chi connectivity index (χ2v) is 6.60. The Morgan fingerprint density at radius 3 is 2.39 bits per heavy atom. The van der Waals surface area contributed by atoms with Crippen LogP contribution < -0.4 is 16.0 Å². The number of amides is 1. The summed E-state index contributed by atoms with van der Waals surface area (Å²) in [5.74, 6) is 0.915. The summed E-state index contributed by atoms with van der Waals surface area (Å²) >= 11 is 0. The van der Waals surface area contributed by atoms with Gasteiger partial charge in [-0.1, -0.05) is 26.0 Å². The van der Waals surface area contributed by atoms with E-state index in [0.29, 0.717) is 19.1 Å². The highest BCUT2D eigenvalue weighted by Crippen LogP contribution is 2.11. The summed E-state index contributed by atoms with van der Waals surface area (Å²) < 4.78 is 0. The van der Waals surface area contributed by atoms with Crippen molar-refractivity contribution < 1.29 is 4.79 Å². The Balaban J connectivity index is 2.22. The minimum absolute atomic E-state index is 0.0248. The van der Waals surface area contributed by atoms with Gasteiger partial charge in [-0.25, -0.2) is 0 Å². The first kappa shape index (κ1) is 19.5. The lowest BCUT2D eigenvalue weighted by Crippen LogP contribution is -2.50. The van der Waals surface area contributed by atoms with Crippen LogP contribution in [0.5, 0.6) is 0 Å². The number of carbonyl (C=O) groups is 1. The van der Waals surface area contributed by atoms with E-state index >= 15 is 0 Å². The van der Waals surface area contributed by atoms with Crippen molar-refractivity contribution in [1.82, 2.24) is 20.9 Å². The minimum atomic E-state index is 0.0248. The smallest absolute Gasteiger partial charge is 0.222 e. The van der Waals surface area contributed by atoms with Crippen molar-refractivity contribution in [2.45, 2.75) is 39.7 Å². The maximum Gasteiger partial charge on any atom is 0.222 e. The van der Waals surface area contributed by atoms with Gasteiger partial charge in [0.1, 0.15) is 0 Å². The van der Waals surface area contributed by atoms with Gasteiger partial charge in [-0.05, 0) is 19.8 Å². The van der Waals surface area contributed by atoms with Crippen LogP contribution in [-0.4, -0.2) is 62.6 Å². The Bertz CT molecular complexity index is 411. The molecule has 0 bridgehead atoms. The van der Waals surface area contributed by atoms with Gasteiger partial charge in [-0.2, -0.15) is 0 Å². The van der Waals surface area contributed by atoms with Crippen LogP contribution in [0.1, 0.15) is 33.6 Å². The molecule has 0 aromatic carbocycles. The number of hydrogen-bond acceptors (Lipinski definition) is 3. The normalized spacial score (nSPS) is 17.2. The number of guanidine groups is 1. The molecular formula is C17H33N5O. The third kappa shape index (κ3) is 8.02. The molecule has 1 fully saturated rings. The Kier molecular flexibility index (Phi) is 8.69. The summed E-state index contributed by atoms with van der Waals surface area (Å²) in [7, 11) is 1.78. The summed E-state index contributed by atoms with van der Waals surface area (Å²) in [5.41, 5.74) is 1.22. The topological polar surface area (TPSA) is 68.8 Å². The molecule has 1 rings (SSSR count). The third-order valence-corrected chi connectivity index (χ3v) is 3.89. The maximum atomic E-state index is 11.5. The Morgan fingerprint density at radius 1 is 1.26 bits per heavy atom. The average Bonchev–Trinajstić information content (AvgIpc) is 2.51. The molecule has 6 nitrogen and oxygen atoms in total. The van der Waals surface area contributed by atoms with E-state index in [1.807, 2.05) is 13.8 Å². The van der Waals surface area contributed by atoms with Gasteiger partial charge < -0.3 is 16.0 Å². The molecule has 1 saturated heterocycles. The van der Waals surface area contributed by atoms with E-state index < -0.39 is 0 Å². The zero-order chi connectivity index (χ0) is 17.2. The molecule has 132 valence electrons. The van der Waals surface area contributed by atoms with E-state index in [-0.39, 0.29) is 11.8 Å². The molecule has 0 radical (unpaired) electrons. The number of likely N-dealkylation sites (tertiary alicyclic amines) is 1. The second kappa shape index (κ2) is 10.3. The SMILES string of the molecule is C=C(C)CN1CCC(NC(=NC)NCCNC(=O)C(C)C)CC1. The first-order chi connectivity index (χ1) is 10.9. The molecule has 1 amide bonds. The fourth-order valence-electron chi connectivity index (χ4n) is 2.58. The van der Waals surface area contributed by atoms with Crippen molar-refractivity contribution in [3.63, 3.8) is 0 Å². The molecule has 0 saturated carbocycles. The van der Waals surface area contributed by atoms with Gasteiger partial charge >= 0.3 is 0 Å². The standard InChI is InChI=1S/C17H33N5O/c1-13(2)12-22-10-6-15(7-11-22)21-17(18-5)20-9-8-19-16(23)14(3)4/h14-15H,1,6-12H2,2-5H3,(H,19,23)(H2,18,20,21). The van der Waals surface area contributed by atoms with E-state index in [2.05, 4.69) is 39.3 Å². The molecule has 0 unspecified atom stereocenters. The van der Waals surface area contributed by atoms with Crippen LogP contribution in [-0.2, 0) is 4.79 Å². The van der Waals surface area contributed by atoms with Gasteiger partial charge in [-0.15, -0.1) is 0 Å². The third-order valence-electron chi connectivity index (χ3n) is 3.89. The Morgan fingerprint density at radius 2 is 1.87 bits per heavy atom. The first-order valence-electron chi connectivity index (χ1n) is 8.54. The Labute approximate surface area is 140 Å². The maximum absolute atomic E-state index is 11.5. The summed E-state index contributed by atoms with van der Waals surface area (Å²) in [6, 6.07) is 0.452. The summed E-state index contributed by atoms with van der Waals surface area (Å²) in [5, 5.41) is 9.61. The van der Waals surface area contributed by atoms with E-state index in [4.69, 9.17) is 0 Å².